The van der Waals surface area contributed by atoms with Crippen molar-refractivity contribution >= 4 is 22.5 Å². The molecule has 0 spiro atoms. The molecule has 0 saturated heterocycles. The summed E-state index contributed by atoms with van der Waals surface area (Å²) in [5, 5.41) is 0. The average Bonchev–Trinajstić information content (AvgIpc) is 2.35. The zero-order chi connectivity index (χ0) is 15.3. The summed E-state index contributed by atoms with van der Waals surface area (Å²) in [6.07, 6.45) is 0.752. The molecule has 0 radical (unpaired) electrons. The van der Waals surface area contributed by atoms with Crippen LogP contribution >= 0.6 is 0 Å². The van der Waals surface area contributed by atoms with E-state index in [0.717, 1.165) is 6.42 Å². The highest BCUT2D eigenvalue weighted by atomic mass is 32.2. The van der Waals surface area contributed by atoms with E-state index >= 15 is 0 Å². The quantitative estimate of drug-likeness (QED) is 0.670. The van der Waals surface area contributed by atoms with Crippen LogP contribution in [0.3, 0.4) is 0 Å². The van der Waals surface area contributed by atoms with E-state index in [4.69, 9.17) is 10.5 Å². The van der Waals surface area contributed by atoms with Gasteiger partial charge in [-0.15, -0.1) is 0 Å². The number of anilines is 1. The number of nitrogens with two attached hydrogens (primary N) is 1. The number of carbonyl (C=O) groups excluding carboxylic acids is 1. The van der Waals surface area contributed by atoms with Gasteiger partial charge in [0.15, 0.2) is 0 Å². The number of carbonyl (C=O) groups is 1. The molecule has 0 amide bonds. The van der Waals surface area contributed by atoms with Gasteiger partial charge < -0.3 is 10.5 Å². The van der Waals surface area contributed by atoms with Gasteiger partial charge >= 0.3 is 5.97 Å². The summed E-state index contributed by atoms with van der Waals surface area (Å²) in [5.74, 6) is -0.142. The van der Waals surface area contributed by atoms with Crippen molar-refractivity contribution in [3.63, 3.8) is 0 Å². The molecule has 2 N–H and O–H groups in total. The van der Waals surface area contributed by atoms with Gasteiger partial charge in [0.05, 0.1) is 12.2 Å². The van der Waals surface area contributed by atoms with Crippen LogP contribution in [0, 0.1) is 0 Å². The molecule has 1 aromatic rings. The lowest BCUT2D eigenvalue weighted by Crippen LogP contribution is -2.24. The normalized spacial score (nSPS) is 13.0. The Morgan fingerprint density at radius 1 is 1.35 bits per heavy atom. The van der Waals surface area contributed by atoms with Gasteiger partial charge in [0.2, 0.25) is 0 Å². The molecule has 5 heteroatoms. The molecular weight excluding hydrogens is 274 g/mol. The van der Waals surface area contributed by atoms with Crippen LogP contribution in [0.2, 0.25) is 0 Å². The minimum absolute atomic E-state index is 0.297. The molecule has 1 rings (SSSR count). The molecule has 112 valence electrons. The third-order valence-electron chi connectivity index (χ3n) is 2.79. The summed E-state index contributed by atoms with van der Waals surface area (Å²) in [4.78, 5) is 12.1. The molecule has 1 unspecified atom stereocenters. The topological polar surface area (TPSA) is 69.4 Å². The van der Waals surface area contributed by atoms with Crippen LogP contribution in [0.15, 0.2) is 18.2 Å². The molecule has 0 aromatic heterocycles. The number of benzene rings is 1. The van der Waals surface area contributed by atoms with Crippen molar-refractivity contribution in [2.24, 2.45) is 0 Å². The highest BCUT2D eigenvalue weighted by molar-refractivity contribution is 7.85. The molecule has 1 aromatic carbocycles. The maximum Gasteiger partial charge on any atom is 0.340 e. The predicted octanol–water partition coefficient (Wildman–Crippen LogP) is 2.88. The molecule has 0 heterocycles. The maximum absolute atomic E-state index is 12.3. The van der Waals surface area contributed by atoms with Gasteiger partial charge in [0.1, 0.15) is 0 Å². The van der Waals surface area contributed by atoms with Crippen molar-refractivity contribution < 1.29 is 13.7 Å². The Hall–Kier alpha value is -1.36. The van der Waals surface area contributed by atoms with Crippen LogP contribution in [0.25, 0.3) is 0 Å². The lowest BCUT2D eigenvalue weighted by atomic mass is 10.1. The van der Waals surface area contributed by atoms with E-state index in [1.54, 1.807) is 18.2 Å². The molecule has 0 aliphatic rings. The highest BCUT2D eigenvalue weighted by Crippen LogP contribution is 2.23. The number of rotatable bonds is 5. The lowest BCUT2D eigenvalue weighted by Gasteiger charge is -2.19. The summed E-state index contributed by atoms with van der Waals surface area (Å²) in [6, 6.07) is 5.20. The standard InChI is InChI=1S/C15H23NO3S/c1-5-9-19-14(17)13-11(7-6-8-12(13)16)10-20(18)15(2,3)4/h6-8H,5,9-10,16H2,1-4H3. The second kappa shape index (κ2) is 6.88. The van der Waals surface area contributed by atoms with E-state index in [2.05, 4.69) is 0 Å². The number of nitrogen functional groups attached to an aromatic ring is 1. The van der Waals surface area contributed by atoms with Crippen molar-refractivity contribution in [1.29, 1.82) is 0 Å². The van der Waals surface area contributed by atoms with E-state index in [0.29, 0.717) is 29.2 Å². The largest absolute Gasteiger partial charge is 0.462 e. The van der Waals surface area contributed by atoms with Gasteiger partial charge in [-0.2, -0.15) is 0 Å². The lowest BCUT2D eigenvalue weighted by molar-refractivity contribution is 0.0505. The van der Waals surface area contributed by atoms with Crippen molar-refractivity contribution in [2.45, 2.75) is 44.6 Å². The third-order valence-corrected chi connectivity index (χ3v) is 4.73. The Labute approximate surface area is 123 Å². The fourth-order valence-corrected chi connectivity index (χ4v) is 2.57. The van der Waals surface area contributed by atoms with E-state index < -0.39 is 16.8 Å². The maximum atomic E-state index is 12.3. The first-order valence-corrected chi connectivity index (χ1v) is 8.02. The fourth-order valence-electron chi connectivity index (χ4n) is 1.61. The minimum Gasteiger partial charge on any atom is -0.462 e. The number of hydrogen-bond acceptors (Lipinski definition) is 4. The van der Waals surface area contributed by atoms with E-state index in [1.165, 1.54) is 0 Å². The first kappa shape index (κ1) is 16.7. The Balaban J connectivity index is 3.05. The van der Waals surface area contributed by atoms with Crippen LogP contribution in [0.1, 0.15) is 50.0 Å². The Kier molecular flexibility index (Phi) is 5.74. The number of hydrogen-bond donors (Lipinski definition) is 1. The highest BCUT2D eigenvalue weighted by Gasteiger charge is 2.23. The number of ether oxygens (including phenoxy) is 1. The SMILES string of the molecule is CCCOC(=O)c1c(N)cccc1CS(=O)C(C)(C)C. The molecule has 0 aliphatic carbocycles. The van der Waals surface area contributed by atoms with Gasteiger partial charge in [-0.05, 0) is 38.8 Å². The monoisotopic (exact) mass is 297 g/mol. The van der Waals surface area contributed by atoms with E-state index in [1.807, 2.05) is 27.7 Å². The minimum atomic E-state index is -1.09. The first-order valence-electron chi connectivity index (χ1n) is 6.70. The molecule has 0 saturated carbocycles. The molecule has 0 aliphatic heterocycles. The Bertz CT molecular complexity index is 506. The van der Waals surface area contributed by atoms with Gasteiger partial charge in [-0.25, -0.2) is 4.79 Å². The third kappa shape index (κ3) is 4.34. The Morgan fingerprint density at radius 2 is 2.00 bits per heavy atom. The second-order valence-corrected chi connectivity index (χ2v) is 7.82. The van der Waals surface area contributed by atoms with Crippen LogP contribution < -0.4 is 5.73 Å². The molecule has 20 heavy (non-hydrogen) atoms. The summed E-state index contributed by atoms with van der Waals surface area (Å²) in [5.41, 5.74) is 7.27. The van der Waals surface area contributed by atoms with Crippen LogP contribution in [-0.4, -0.2) is 21.5 Å². The summed E-state index contributed by atoms with van der Waals surface area (Å²) in [7, 11) is -1.09. The molecular formula is C15H23NO3S. The fraction of sp³-hybridized carbons (Fsp3) is 0.533. The predicted molar refractivity (Wildman–Crippen MR) is 83.0 cm³/mol. The van der Waals surface area contributed by atoms with E-state index in [9.17, 15) is 9.00 Å². The summed E-state index contributed by atoms with van der Waals surface area (Å²) in [6.45, 7) is 8.01. The van der Waals surface area contributed by atoms with Crippen molar-refractivity contribution in [3.8, 4) is 0 Å². The van der Waals surface area contributed by atoms with Crippen molar-refractivity contribution in [3.05, 3.63) is 29.3 Å². The smallest absolute Gasteiger partial charge is 0.340 e. The van der Waals surface area contributed by atoms with Crippen LogP contribution in [0.5, 0.6) is 0 Å². The molecule has 0 bridgehead atoms. The van der Waals surface area contributed by atoms with Gasteiger partial charge in [-0.3, -0.25) is 4.21 Å². The van der Waals surface area contributed by atoms with Crippen molar-refractivity contribution in [2.75, 3.05) is 12.3 Å². The van der Waals surface area contributed by atoms with Crippen LogP contribution in [-0.2, 0) is 21.3 Å². The average molecular weight is 297 g/mol. The van der Waals surface area contributed by atoms with Crippen LogP contribution in [0.4, 0.5) is 5.69 Å². The summed E-state index contributed by atoms with van der Waals surface area (Å²) < 4.78 is 17.1. The van der Waals surface area contributed by atoms with Gasteiger partial charge in [0, 0.05) is 27.0 Å². The van der Waals surface area contributed by atoms with Gasteiger partial charge in [0.25, 0.3) is 0 Å². The van der Waals surface area contributed by atoms with Crippen molar-refractivity contribution in [1.82, 2.24) is 0 Å². The molecule has 0 fully saturated rings. The van der Waals surface area contributed by atoms with Gasteiger partial charge in [-0.1, -0.05) is 19.1 Å². The number of esters is 1. The molecule has 4 nitrogen and oxygen atoms in total. The first-order chi connectivity index (χ1) is 9.27. The zero-order valence-corrected chi connectivity index (χ0v) is 13.4. The Morgan fingerprint density at radius 3 is 2.55 bits per heavy atom. The second-order valence-electron chi connectivity index (χ2n) is 5.62. The van der Waals surface area contributed by atoms with E-state index in [-0.39, 0.29) is 4.75 Å². The summed E-state index contributed by atoms with van der Waals surface area (Å²) >= 11 is 0. The molecule has 1 atom stereocenters. The zero-order valence-electron chi connectivity index (χ0n) is 12.6.